The fourth-order valence-electron chi connectivity index (χ4n) is 2.71. The standard InChI is InChI=1S/C8H10F3N3/c1-13-7-4-14-3-6(7,2-12)5(7)8(9,10)11/h2,5,12,14H,1,3-4H2/t5-,6+,7+/m0/s1. The van der Waals surface area contributed by atoms with E-state index in [9.17, 15) is 13.2 Å². The first-order valence-corrected chi connectivity index (χ1v) is 4.21. The van der Waals surface area contributed by atoms with E-state index in [0.29, 0.717) is 0 Å². The lowest BCUT2D eigenvalue weighted by Gasteiger charge is -2.12. The third-order valence-electron chi connectivity index (χ3n) is 3.39. The van der Waals surface area contributed by atoms with Crippen LogP contribution in [0.2, 0.25) is 0 Å². The maximum Gasteiger partial charge on any atom is 0.395 e. The van der Waals surface area contributed by atoms with E-state index in [1.165, 1.54) is 0 Å². The van der Waals surface area contributed by atoms with Crippen LogP contribution in [-0.4, -0.2) is 37.7 Å². The lowest BCUT2D eigenvalue weighted by Crippen LogP contribution is -2.31. The normalized spacial score (nSPS) is 45.8. The number of fused-ring (bicyclic) bond motifs is 1. The molecule has 1 saturated heterocycles. The summed E-state index contributed by atoms with van der Waals surface area (Å²) < 4.78 is 37.8. The van der Waals surface area contributed by atoms with E-state index in [-0.39, 0.29) is 13.1 Å². The van der Waals surface area contributed by atoms with E-state index >= 15 is 0 Å². The van der Waals surface area contributed by atoms with Crippen LogP contribution in [0.15, 0.2) is 4.99 Å². The number of hydrogen-bond donors (Lipinski definition) is 2. The molecule has 0 aromatic heterocycles. The van der Waals surface area contributed by atoms with Gasteiger partial charge in [-0.25, -0.2) is 0 Å². The van der Waals surface area contributed by atoms with Crippen molar-refractivity contribution in [1.29, 1.82) is 5.41 Å². The quantitative estimate of drug-likeness (QED) is 0.645. The van der Waals surface area contributed by atoms with Crippen molar-refractivity contribution < 1.29 is 13.2 Å². The molecule has 2 rings (SSSR count). The smallest absolute Gasteiger partial charge is 0.313 e. The Morgan fingerprint density at radius 1 is 1.50 bits per heavy atom. The van der Waals surface area contributed by atoms with E-state index in [1.54, 1.807) is 0 Å². The molecule has 0 aromatic carbocycles. The summed E-state index contributed by atoms with van der Waals surface area (Å²) in [5.41, 5.74) is -2.39. The molecule has 0 amide bonds. The second-order valence-electron chi connectivity index (χ2n) is 3.85. The van der Waals surface area contributed by atoms with Gasteiger partial charge in [-0.1, -0.05) is 0 Å². The summed E-state index contributed by atoms with van der Waals surface area (Å²) in [6, 6.07) is 0. The van der Waals surface area contributed by atoms with Crippen molar-refractivity contribution in [3.8, 4) is 0 Å². The first-order valence-electron chi connectivity index (χ1n) is 4.21. The Labute approximate surface area is 78.9 Å². The molecule has 3 nitrogen and oxygen atoms in total. The molecule has 78 valence electrons. The fraction of sp³-hybridized carbons (Fsp3) is 0.750. The molecular weight excluding hydrogens is 195 g/mol. The predicted octanol–water partition coefficient (Wildman–Crippen LogP) is 0.857. The predicted molar refractivity (Wildman–Crippen MR) is 45.9 cm³/mol. The number of aliphatic imine (C=N–C) groups is 1. The van der Waals surface area contributed by atoms with Gasteiger partial charge in [0, 0.05) is 19.3 Å². The van der Waals surface area contributed by atoms with Crippen LogP contribution in [0.25, 0.3) is 0 Å². The third-order valence-corrected chi connectivity index (χ3v) is 3.39. The number of alkyl halides is 3. The van der Waals surface area contributed by atoms with Crippen LogP contribution < -0.4 is 5.32 Å². The maximum absolute atomic E-state index is 12.6. The molecule has 0 unspecified atom stereocenters. The fourth-order valence-corrected chi connectivity index (χ4v) is 2.71. The molecule has 1 aliphatic heterocycles. The molecule has 2 aliphatic rings. The molecular formula is C8H10F3N3. The third kappa shape index (κ3) is 0.778. The SMILES string of the molecule is C=N[C@@]12CNC[C@]1(C=N)[C@@H]2C(F)(F)F. The van der Waals surface area contributed by atoms with Crippen molar-refractivity contribution in [2.45, 2.75) is 11.7 Å². The Bertz CT molecular complexity index is 279. The molecule has 0 spiro atoms. The number of rotatable bonds is 2. The highest BCUT2D eigenvalue weighted by molar-refractivity contribution is 5.76. The van der Waals surface area contributed by atoms with E-state index in [1.807, 2.05) is 0 Å². The molecule has 0 radical (unpaired) electrons. The summed E-state index contributed by atoms with van der Waals surface area (Å²) in [6.45, 7) is 3.55. The molecule has 2 fully saturated rings. The Hall–Kier alpha value is -0.910. The summed E-state index contributed by atoms with van der Waals surface area (Å²) in [7, 11) is 0. The van der Waals surface area contributed by atoms with Crippen molar-refractivity contribution in [2.24, 2.45) is 16.3 Å². The second kappa shape index (κ2) is 2.36. The Kier molecular flexibility index (Phi) is 1.63. The highest BCUT2D eigenvalue weighted by atomic mass is 19.4. The number of piperidine rings is 1. The minimum absolute atomic E-state index is 0.163. The highest BCUT2D eigenvalue weighted by Crippen LogP contribution is 2.70. The van der Waals surface area contributed by atoms with E-state index in [2.05, 4.69) is 17.0 Å². The van der Waals surface area contributed by atoms with Gasteiger partial charge in [-0.05, 0) is 6.72 Å². The van der Waals surface area contributed by atoms with Crippen LogP contribution in [-0.2, 0) is 0 Å². The minimum atomic E-state index is -4.29. The molecule has 0 bridgehead atoms. The minimum Gasteiger partial charge on any atom is -0.313 e. The van der Waals surface area contributed by atoms with Crippen molar-refractivity contribution >= 4 is 12.9 Å². The van der Waals surface area contributed by atoms with Gasteiger partial charge in [-0.15, -0.1) is 0 Å². The average molecular weight is 205 g/mol. The van der Waals surface area contributed by atoms with Crippen molar-refractivity contribution in [1.82, 2.24) is 5.32 Å². The second-order valence-corrected chi connectivity index (χ2v) is 3.85. The molecule has 6 heteroatoms. The average Bonchev–Trinajstić information content (AvgIpc) is 2.55. The van der Waals surface area contributed by atoms with Gasteiger partial charge in [0.05, 0.1) is 16.9 Å². The van der Waals surface area contributed by atoms with Gasteiger partial charge in [0.25, 0.3) is 0 Å². The molecule has 1 aliphatic carbocycles. The van der Waals surface area contributed by atoms with E-state index in [4.69, 9.17) is 5.41 Å². The van der Waals surface area contributed by atoms with Gasteiger partial charge >= 0.3 is 6.18 Å². The summed E-state index contributed by atoms with van der Waals surface area (Å²) in [4.78, 5) is 3.60. The lowest BCUT2D eigenvalue weighted by atomic mass is 10.0. The summed E-state index contributed by atoms with van der Waals surface area (Å²) >= 11 is 0. The van der Waals surface area contributed by atoms with Gasteiger partial charge in [0.2, 0.25) is 0 Å². The van der Waals surface area contributed by atoms with Gasteiger partial charge in [0.1, 0.15) is 0 Å². The monoisotopic (exact) mass is 205 g/mol. The summed E-state index contributed by atoms with van der Waals surface area (Å²) in [5.74, 6) is -1.53. The van der Waals surface area contributed by atoms with Crippen molar-refractivity contribution in [3.63, 3.8) is 0 Å². The topological polar surface area (TPSA) is 48.2 Å². The zero-order chi connectivity index (χ0) is 10.6. The zero-order valence-corrected chi connectivity index (χ0v) is 7.36. The molecule has 14 heavy (non-hydrogen) atoms. The lowest BCUT2D eigenvalue weighted by molar-refractivity contribution is -0.157. The maximum atomic E-state index is 12.6. The highest BCUT2D eigenvalue weighted by Gasteiger charge is 2.86. The summed E-state index contributed by atoms with van der Waals surface area (Å²) in [5, 5.41) is 9.95. The van der Waals surface area contributed by atoms with Crippen LogP contribution in [0.5, 0.6) is 0 Å². The molecule has 2 N–H and O–H groups in total. The Morgan fingerprint density at radius 3 is 2.43 bits per heavy atom. The van der Waals surface area contributed by atoms with Crippen LogP contribution in [0, 0.1) is 16.7 Å². The largest absolute Gasteiger partial charge is 0.395 e. The molecule has 3 atom stereocenters. The van der Waals surface area contributed by atoms with Crippen LogP contribution in [0.4, 0.5) is 13.2 Å². The van der Waals surface area contributed by atoms with E-state index in [0.717, 1.165) is 6.21 Å². The summed E-state index contributed by atoms with van der Waals surface area (Å²) in [6.07, 6.45) is -3.42. The van der Waals surface area contributed by atoms with Gasteiger partial charge in [-0.2, -0.15) is 13.2 Å². The number of halogens is 3. The van der Waals surface area contributed by atoms with Crippen LogP contribution in [0.1, 0.15) is 0 Å². The first kappa shape index (κ1) is 9.64. The zero-order valence-electron chi connectivity index (χ0n) is 7.36. The number of nitrogens with zero attached hydrogens (tertiary/aromatic N) is 1. The molecule has 1 saturated carbocycles. The van der Waals surface area contributed by atoms with E-state index < -0.39 is 23.0 Å². The van der Waals surface area contributed by atoms with Crippen molar-refractivity contribution in [3.05, 3.63) is 0 Å². The van der Waals surface area contributed by atoms with Gasteiger partial charge in [-0.3, -0.25) is 4.99 Å². The molecule has 1 heterocycles. The van der Waals surface area contributed by atoms with Gasteiger partial charge < -0.3 is 10.7 Å². The van der Waals surface area contributed by atoms with Gasteiger partial charge in [0.15, 0.2) is 0 Å². The Balaban J connectivity index is 2.40. The van der Waals surface area contributed by atoms with Crippen LogP contribution in [0.3, 0.4) is 0 Å². The van der Waals surface area contributed by atoms with Crippen LogP contribution >= 0.6 is 0 Å². The number of nitrogens with one attached hydrogen (secondary N) is 2. The first-order chi connectivity index (χ1) is 6.44. The molecule has 0 aromatic rings. The van der Waals surface area contributed by atoms with Crippen molar-refractivity contribution in [2.75, 3.05) is 13.1 Å². The number of hydrogen-bond acceptors (Lipinski definition) is 3. The Morgan fingerprint density at radius 2 is 2.14 bits per heavy atom.